The Morgan fingerprint density at radius 3 is 2.50 bits per heavy atom. The fourth-order valence-corrected chi connectivity index (χ4v) is 3.19. The van der Waals surface area contributed by atoms with Gasteiger partial charge in [-0.3, -0.25) is 0 Å². The number of anilines is 1. The molecule has 0 amide bonds. The molecule has 20 heavy (non-hydrogen) atoms. The van der Waals surface area contributed by atoms with Crippen LogP contribution in [0.25, 0.3) is 0 Å². The number of hydrogen-bond donors (Lipinski definition) is 3. The molecular formula is C12H21N3O4S. The fourth-order valence-electron chi connectivity index (χ4n) is 1.69. The summed E-state index contributed by atoms with van der Waals surface area (Å²) < 4.78 is 26.0. The first kappa shape index (κ1) is 16.8. The number of hydrogen-bond acceptors (Lipinski definition) is 6. The molecule has 0 atom stereocenters. The highest BCUT2D eigenvalue weighted by Crippen LogP contribution is 2.21. The molecule has 114 valence electrons. The van der Waals surface area contributed by atoms with Crippen molar-refractivity contribution in [1.29, 1.82) is 0 Å². The van der Waals surface area contributed by atoms with E-state index in [1.807, 2.05) is 6.92 Å². The highest BCUT2D eigenvalue weighted by Gasteiger charge is 2.27. The topological polar surface area (TPSA) is 103 Å². The first-order chi connectivity index (χ1) is 9.57. The van der Waals surface area contributed by atoms with Crippen LogP contribution in [0.5, 0.6) is 0 Å². The average molecular weight is 303 g/mol. The third-order valence-electron chi connectivity index (χ3n) is 2.62. The Morgan fingerprint density at radius 2 is 1.95 bits per heavy atom. The van der Waals surface area contributed by atoms with Gasteiger partial charge in [0.05, 0.1) is 18.9 Å². The van der Waals surface area contributed by atoms with Crippen LogP contribution in [0, 0.1) is 0 Å². The standard InChI is InChI=1S/C12H21N3O4S/c1-2-5-13-11-4-3-6-14-12(11)20(18,19)15(7-9-16)8-10-17/h3-4,6,13,16-17H,2,5,7-10H2,1H3. The van der Waals surface area contributed by atoms with Gasteiger partial charge in [-0.25, -0.2) is 13.4 Å². The minimum Gasteiger partial charge on any atom is -0.395 e. The van der Waals surface area contributed by atoms with Crippen LogP contribution in [0.2, 0.25) is 0 Å². The molecule has 0 aliphatic carbocycles. The molecule has 1 aromatic rings. The largest absolute Gasteiger partial charge is 0.395 e. The third kappa shape index (κ3) is 4.14. The Balaban J connectivity index is 3.12. The summed E-state index contributed by atoms with van der Waals surface area (Å²) in [6, 6.07) is 3.30. The molecule has 1 rings (SSSR count). The van der Waals surface area contributed by atoms with Crippen molar-refractivity contribution in [2.75, 3.05) is 38.2 Å². The van der Waals surface area contributed by atoms with E-state index in [2.05, 4.69) is 10.3 Å². The number of rotatable bonds is 9. The quantitative estimate of drug-likeness (QED) is 0.588. The maximum atomic E-state index is 12.5. The number of sulfonamides is 1. The van der Waals surface area contributed by atoms with Gasteiger partial charge in [0.1, 0.15) is 0 Å². The van der Waals surface area contributed by atoms with Crippen molar-refractivity contribution < 1.29 is 18.6 Å². The van der Waals surface area contributed by atoms with Gasteiger partial charge in [-0.1, -0.05) is 6.92 Å². The summed E-state index contributed by atoms with van der Waals surface area (Å²) in [6.45, 7) is 1.82. The van der Waals surface area contributed by atoms with Gasteiger partial charge in [-0.15, -0.1) is 0 Å². The summed E-state index contributed by atoms with van der Waals surface area (Å²) in [7, 11) is -3.85. The third-order valence-corrected chi connectivity index (χ3v) is 4.48. The summed E-state index contributed by atoms with van der Waals surface area (Å²) in [4.78, 5) is 3.93. The van der Waals surface area contributed by atoms with Gasteiger partial charge >= 0.3 is 0 Å². The first-order valence-electron chi connectivity index (χ1n) is 6.48. The van der Waals surface area contributed by atoms with Gasteiger partial charge < -0.3 is 15.5 Å². The highest BCUT2D eigenvalue weighted by molar-refractivity contribution is 7.89. The molecule has 8 heteroatoms. The van der Waals surface area contributed by atoms with E-state index in [1.165, 1.54) is 6.20 Å². The van der Waals surface area contributed by atoms with Crippen LogP contribution in [0.15, 0.2) is 23.4 Å². The molecule has 3 N–H and O–H groups in total. The second-order valence-electron chi connectivity index (χ2n) is 4.13. The van der Waals surface area contributed by atoms with Crippen LogP contribution in [0.4, 0.5) is 5.69 Å². The monoisotopic (exact) mass is 303 g/mol. The van der Waals surface area contributed by atoms with Crippen molar-refractivity contribution in [3.63, 3.8) is 0 Å². The van der Waals surface area contributed by atoms with Crippen LogP contribution in [0.3, 0.4) is 0 Å². The molecule has 0 fully saturated rings. The lowest BCUT2D eigenvalue weighted by Gasteiger charge is -2.21. The van der Waals surface area contributed by atoms with Crippen LogP contribution in [0.1, 0.15) is 13.3 Å². The van der Waals surface area contributed by atoms with E-state index in [1.54, 1.807) is 12.1 Å². The summed E-state index contributed by atoms with van der Waals surface area (Å²) in [6.07, 6.45) is 2.26. The molecule has 0 aromatic carbocycles. The molecular weight excluding hydrogens is 282 g/mol. The predicted molar refractivity (Wildman–Crippen MR) is 75.9 cm³/mol. The Hall–Kier alpha value is -1.22. The number of aliphatic hydroxyl groups is 2. The zero-order chi connectivity index (χ0) is 15.0. The van der Waals surface area contributed by atoms with Gasteiger partial charge in [0.2, 0.25) is 0 Å². The SMILES string of the molecule is CCCNc1cccnc1S(=O)(=O)N(CCO)CCO. The van der Waals surface area contributed by atoms with E-state index >= 15 is 0 Å². The van der Waals surface area contributed by atoms with Gasteiger partial charge in [0.25, 0.3) is 10.0 Å². The molecule has 0 aliphatic heterocycles. The van der Waals surface area contributed by atoms with Crippen molar-refractivity contribution in [1.82, 2.24) is 9.29 Å². The highest BCUT2D eigenvalue weighted by atomic mass is 32.2. The number of pyridine rings is 1. The molecule has 1 heterocycles. The van der Waals surface area contributed by atoms with Crippen molar-refractivity contribution >= 4 is 15.7 Å². The summed E-state index contributed by atoms with van der Waals surface area (Å²) in [5.41, 5.74) is 0.426. The summed E-state index contributed by atoms with van der Waals surface area (Å²) in [5, 5.41) is 20.8. The molecule has 0 saturated carbocycles. The van der Waals surface area contributed by atoms with Crippen molar-refractivity contribution in [2.24, 2.45) is 0 Å². The smallest absolute Gasteiger partial charge is 0.262 e. The maximum Gasteiger partial charge on any atom is 0.262 e. The molecule has 0 bridgehead atoms. The Kier molecular flexibility index (Phi) is 6.86. The summed E-state index contributed by atoms with van der Waals surface area (Å²) >= 11 is 0. The zero-order valence-electron chi connectivity index (χ0n) is 11.5. The van der Waals surface area contributed by atoms with Crippen molar-refractivity contribution in [3.05, 3.63) is 18.3 Å². The second-order valence-corrected chi connectivity index (χ2v) is 5.99. The Bertz CT molecular complexity index is 501. The molecule has 0 radical (unpaired) electrons. The minimum atomic E-state index is -3.85. The van der Waals surface area contributed by atoms with Crippen molar-refractivity contribution in [2.45, 2.75) is 18.4 Å². The normalized spacial score (nSPS) is 11.8. The van der Waals surface area contributed by atoms with E-state index in [0.717, 1.165) is 10.7 Å². The fraction of sp³-hybridized carbons (Fsp3) is 0.583. The number of nitrogens with one attached hydrogen (secondary N) is 1. The van der Waals surface area contributed by atoms with Gasteiger partial charge in [0, 0.05) is 25.8 Å². The lowest BCUT2D eigenvalue weighted by molar-refractivity contribution is 0.217. The molecule has 0 aliphatic rings. The van der Waals surface area contributed by atoms with E-state index < -0.39 is 10.0 Å². The van der Waals surface area contributed by atoms with Crippen LogP contribution in [-0.2, 0) is 10.0 Å². The van der Waals surface area contributed by atoms with Gasteiger partial charge in [0.15, 0.2) is 5.03 Å². The predicted octanol–water partition coefficient (Wildman–Crippen LogP) is -0.121. The van der Waals surface area contributed by atoms with Crippen molar-refractivity contribution in [3.8, 4) is 0 Å². The summed E-state index contributed by atoms with van der Waals surface area (Å²) in [5.74, 6) is 0. The van der Waals surface area contributed by atoms with Crippen LogP contribution in [-0.4, -0.2) is 60.8 Å². The van der Waals surface area contributed by atoms with E-state index in [9.17, 15) is 8.42 Å². The van der Waals surface area contributed by atoms with Crippen LogP contribution >= 0.6 is 0 Å². The second kappa shape index (κ2) is 8.15. The zero-order valence-corrected chi connectivity index (χ0v) is 12.3. The Morgan fingerprint density at radius 1 is 1.30 bits per heavy atom. The van der Waals surface area contributed by atoms with Gasteiger partial charge in [-0.05, 0) is 18.6 Å². The van der Waals surface area contributed by atoms with Gasteiger partial charge in [-0.2, -0.15) is 4.31 Å². The lowest BCUT2D eigenvalue weighted by Crippen LogP contribution is -2.36. The van der Waals surface area contributed by atoms with E-state index in [-0.39, 0.29) is 31.3 Å². The number of nitrogens with zero attached hydrogens (tertiary/aromatic N) is 2. The number of aliphatic hydroxyl groups excluding tert-OH is 2. The van der Waals surface area contributed by atoms with E-state index in [0.29, 0.717) is 12.2 Å². The maximum absolute atomic E-state index is 12.5. The van der Waals surface area contributed by atoms with Crippen LogP contribution < -0.4 is 5.32 Å². The Labute approximate surface area is 119 Å². The number of aromatic nitrogens is 1. The molecule has 1 aromatic heterocycles. The minimum absolute atomic E-state index is 0.0767. The van der Waals surface area contributed by atoms with E-state index in [4.69, 9.17) is 10.2 Å². The molecule has 0 unspecified atom stereocenters. The first-order valence-corrected chi connectivity index (χ1v) is 7.92. The molecule has 0 spiro atoms. The lowest BCUT2D eigenvalue weighted by atomic mass is 10.4. The molecule has 0 saturated heterocycles. The average Bonchev–Trinajstić information content (AvgIpc) is 2.45. The molecule has 7 nitrogen and oxygen atoms in total.